The van der Waals surface area contributed by atoms with Gasteiger partial charge in [0.1, 0.15) is 17.2 Å². The fourth-order valence-corrected chi connectivity index (χ4v) is 3.05. The van der Waals surface area contributed by atoms with Crippen LogP contribution in [0.5, 0.6) is 17.2 Å². The van der Waals surface area contributed by atoms with Crippen molar-refractivity contribution in [3.05, 3.63) is 59.8 Å². The average Bonchev–Trinajstić information content (AvgIpc) is 2.60. The Labute approximate surface area is 140 Å². The molecule has 1 atom stereocenters. The lowest BCUT2D eigenvalue weighted by Gasteiger charge is -2.37. The number of halogens is 3. The van der Waals surface area contributed by atoms with E-state index in [0.29, 0.717) is 10.9 Å². The van der Waals surface area contributed by atoms with Crippen molar-refractivity contribution >= 4 is 10.9 Å². The van der Waals surface area contributed by atoms with Crippen molar-refractivity contribution in [3.8, 4) is 17.2 Å². The van der Waals surface area contributed by atoms with E-state index < -0.39 is 22.9 Å². The molecule has 1 unspecified atom stereocenters. The van der Waals surface area contributed by atoms with Crippen molar-refractivity contribution in [2.75, 3.05) is 7.11 Å². The number of benzene rings is 2. The molecule has 3 aromatic rings. The summed E-state index contributed by atoms with van der Waals surface area (Å²) in [5.74, 6) is 0.0507. The van der Waals surface area contributed by atoms with Gasteiger partial charge in [-0.05, 0) is 30.3 Å². The van der Waals surface area contributed by atoms with E-state index in [9.17, 15) is 18.3 Å². The fourth-order valence-electron chi connectivity index (χ4n) is 3.05. The molecule has 1 aromatic heterocycles. The molecule has 7 heteroatoms. The second-order valence-corrected chi connectivity index (χ2v) is 5.69. The topological polar surface area (TPSA) is 51.6 Å². The van der Waals surface area contributed by atoms with Crippen LogP contribution in [0.15, 0.2) is 48.7 Å². The second kappa shape index (κ2) is 5.10. The first-order valence-corrected chi connectivity index (χ1v) is 7.40. The lowest BCUT2D eigenvalue weighted by molar-refractivity contribution is -0.250. The Morgan fingerprint density at radius 3 is 2.60 bits per heavy atom. The van der Waals surface area contributed by atoms with Crippen LogP contribution < -0.4 is 9.47 Å². The van der Waals surface area contributed by atoms with Crippen LogP contribution in [0.2, 0.25) is 0 Å². The van der Waals surface area contributed by atoms with Gasteiger partial charge in [0.15, 0.2) is 0 Å². The molecule has 0 fully saturated rings. The summed E-state index contributed by atoms with van der Waals surface area (Å²) < 4.78 is 52.6. The van der Waals surface area contributed by atoms with Crippen molar-refractivity contribution in [2.45, 2.75) is 11.8 Å². The Morgan fingerprint density at radius 2 is 1.88 bits per heavy atom. The minimum atomic E-state index is -4.98. The Hall–Kier alpha value is -2.80. The SMILES string of the molecule is COc1ccc2c(c1)C(O)(C(F)(F)F)c1cnc3ccccc3c1O2. The van der Waals surface area contributed by atoms with Crippen molar-refractivity contribution in [1.82, 2.24) is 4.98 Å². The smallest absolute Gasteiger partial charge is 0.426 e. The van der Waals surface area contributed by atoms with Gasteiger partial charge in [-0.2, -0.15) is 13.2 Å². The zero-order valence-corrected chi connectivity index (χ0v) is 13.0. The molecule has 0 saturated heterocycles. The van der Waals surface area contributed by atoms with Crippen molar-refractivity contribution in [3.63, 3.8) is 0 Å². The first-order chi connectivity index (χ1) is 11.9. The molecule has 0 saturated carbocycles. The minimum Gasteiger partial charge on any atom is -0.497 e. The Morgan fingerprint density at radius 1 is 1.12 bits per heavy atom. The Kier molecular flexibility index (Phi) is 3.20. The number of alkyl halides is 3. The number of hydrogen-bond donors (Lipinski definition) is 1. The fraction of sp³-hybridized carbons (Fsp3) is 0.167. The van der Waals surface area contributed by atoms with Crippen molar-refractivity contribution < 1.29 is 27.8 Å². The number of rotatable bonds is 1. The third kappa shape index (κ3) is 2.09. The molecular weight excluding hydrogens is 335 g/mol. The van der Waals surface area contributed by atoms with Gasteiger partial charge in [-0.15, -0.1) is 0 Å². The van der Waals surface area contributed by atoms with E-state index in [-0.39, 0.29) is 17.2 Å². The first-order valence-electron chi connectivity index (χ1n) is 7.40. The van der Waals surface area contributed by atoms with Gasteiger partial charge in [0.2, 0.25) is 5.60 Å². The molecule has 0 aliphatic carbocycles. The minimum absolute atomic E-state index is 0.0527. The third-order valence-electron chi connectivity index (χ3n) is 4.31. The summed E-state index contributed by atoms with van der Waals surface area (Å²) in [5.41, 5.74) is -3.65. The summed E-state index contributed by atoms with van der Waals surface area (Å²) >= 11 is 0. The summed E-state index contributed by atoms with van der Waals surface area (Å²) in [7, 11) is 1.33. The highest BCUT2D eigenvalue weighted by Crippen LogP contribution is 2.55. The summed E-state index contributed by atoms with van der Waals surface area (Å²) in [6.45, 7) is 0. The van der Waals surface area contributed by atoms with Gasteiger partial charge in [-0.1, -0.05) is 12.1 Å². The number of fused-ring (bicyclic) bond motifs is 4. The highest BCUT2D eigenvalue weighted by Gasteiger charge is 2.61. The monoisotopic (exact) mass is 347 g/mol. The van der Waals surface area contributed by atoms with Crippen molar-refractivity contribution in [2.24, 2.45) is 0 Å². The molecule has 4 nitrogen and oxygen atoms in total. The van der Waals surface area contributed by atoms with Crippen LogP contribution in [0, 0.1) is 0 Å². The van der Waals surface area contributed by atoms with E-state index in [1.54, 1.807) is 24.3 Å². The highest BCUT2D eigenvalue weighted by atomic mass is 19.4. The van der Waals surface area contributed by atoms with Gasteiger partial charge in [0.05, 0.1) is 18.2 Å². The molecule has 0 amide bonds. The van der Waals surface area contributed by atoms with Crippen LogP contribution in [-0.4, -0.2) is 23.4 Å². The molecule has 2 aromatic carbocycles. The summed E-state index contributed by atoms with van der Waals surface area (Å²) in [5, 5.41) is 11.2. The molecule has 4 rings (SSSR count). The Bertz CT molecular complexity index is 987. The zero-order chi connectivity index (χ0) is 17.8. The molecule has 1 N–H and O–H groups in total. The number of hydrogen-bond acceptors (Lipinski definition) is 4. The number of nitrogens with zero attached hydrogens (tertiary/aromatic N) is 1. The van der Waals surface area contributed by atoms with E-state index in [1.807, 2.05) is 0 Å². The average molecular weight is 347 g/mol. The van der Waals surface area contributed by atoms with Crippen LogP contribution in [0.25, 0.3) is 10.9 Å². The first kappa shape index (κ1) is 15.7. The van der Waals surface area contributed by atoms with Crippen LogP contribution in [0.1, 0.15) is 11.1 Å². The molecular formula is C18H12F3NO3. The molecule has 2 heterocycles. The van der Waals surface area contributed by atoms with E-state index in [4.69, 9.17) is 9.47 Å². The standard InChI is InChI=1S/C18H12F3NO3/c1-24-10-6-7-15-12(8-10)17(23,18(19,20)21)13-9-22-14-5-3-2-4-11(14)16(13)25-15/h2-9,23H,1H3. The molecule has 0 radical (unpaired) electrons. The van der Waals surface area contributed by atoms with Crippen LogP contribution in [0.3, 0.4) is 0 Å². The van der Waals surface area contributed by atoms with Gasteiger partial charge in [0, 0.05) is 17.1 Å². The zero-order valence-electron chi connectivity index (χ0n) is 13.0. The summed E-state index contributed by atoms with van der Waals surface area (Å²) in [6, 6.07) is 10.6. The van der Waals surface area contributed by atoms with Crippen LogP contribution in [-0.2, 0) is 5.60 Å². The van der Waals surface area contributed by atoms with E-state index in [0.717, 1.165) is 12.3 Å². The molecule has 0 bridgehead atoms. The lowest BCUT2D eigenvalue weighted by atomic mass is 9.82. The van der Waals surface area contributed by atoms with Crippen LogP contribution in [0.4, 0.5) is 13.2 Å². The molecule has 128 valence electrons. The second-order valence-electron chi connectivity index (χ2n) is 5.69. The molecule has 1 aliphatic rings. The van der Waals surface area contributed by atoms with E-state index >= 15 is 0 Å². The van der Waals surface area contributed by atoms with Crippen LogP contribution >= 0.6 is 0 Å². The van der Waals surface area contributed by atoms with Crippen molar-refractivity contribution in [1.29, 1.82) is 0 Å². The molecule has 1 aliphatic heterocycles. The van der Waals surface area contributed by atoms with Gasteiger partial charge >= 0.3 is 6.18 Å². The van der Waals surface area contributed by atoms with E-state index in [1.165, 1.54) is 19.2 Å². The maximum absolute atomic E-state index is 13.9. The van der Waals surface area contributed by atoms with Gasteiger partial charge in [0.25, 0.3) is 0 Å². The number of ether oxygens (including phenoxy) is 2. The third-order valence-corrected chi connectivity index (χ3v) is 4.31. The van der Waals surface area contributed by atoms with Gasteiger partial charge < -0.3 is 14.6 Å². The predicted octanol–water partition coefficient (Wildman–Crippen LogP) is 4.15. The molecule has 25 heavy (non-hydrogen) atoms. The number of aromatic nitrogens is 1. The van der Waals surface area contributed by atoms with Gasteiger partial charge in [-0.25, -0.2) is 0 Å². The number of pyridine rings is 1. The summed E-state index contributed by atoms with van der Waals surface area (Å²) in [4.78, 5) is 4.05. The van der Waals surface area contributed by atoms with E-state index in [2.05, 4.69) is 4.98 Å². The maximum Gasteiger partial charge on any atom is 0.426 e. The number of aliphatic hydroxyl groups is 1. The predicted molar refractivity (Wildman–Crippen MR) is 83.9 cm³/mol. The van der Waals surface area contributed by atoms with Gasteiger partial charge in [-0.3, -0.25) is 4.98 Å². The normalized spacial score (nSPS) is 19.1. The lowest BCUT2D eigenvalue weighted by Crippen LogP contribution is -2.45. The maximum atomic E-state index is 13.9. The number of para-hydroxylation sites is 1. The summed E-state index contributed by atoms with van der Waals surface area (Å²) in [6.07, 6.45) is -3.97. The molecule has 0 spiro atoms. The quantitative estimate of drug-likeness (QED) is 0.719. The largest absolute Gasteiger partial charge is 0.497 e. The highest BCUT2D eigenvalue weighted by molar-refractivity contribution is 5.88. The Balaban J connectivity index is 2.09. The number of methoxy groups -OCH3 is 1.